The van der Waals surface area contributed by atoms with Crippen molar-refractivity contribution in [3.8, 4) is 11.5 Å². The molecule has 0 atom stereocenters. The van der Waals surface area contributed by atoms with E-state index in [4.69, 9.17) is 14.2 Å². The molecule has 32 heavy (non-hydrogen) atoms. The molecule has 0 spiro atoms. The van der Waals surface area contributed by atoms with Crippen LogP contribution in [0, 0.1) is 0 Å². The van der Waals surface area contributed by atoms with Gasteiger partial charge in [-0.3, -0.25) is 9.59 Å². The Labute approximate surface area is 188 Å². The van der Waals surface area contributed by atoms with E-state index in [1.54, 1.807) is 31.2 Å². The van der Waals surface area contributed by atoms with Crippen LogP contribution in [0.2, 0.25) is 0 Å². The first kappa shape index (κ1) is 23.5. The molecular weight excluding hydrogens is 456 g/mol. The lowest BCUT2D eigenvalue weighted by Crippen LogP contribution is -2.23. The molecule has 2 aromatic carbocycles. The van der Waals surface area contributed by atoms with Gasteiger partial charge in [0, 0.05) is 6.26 Å². The lowest BCUT2D eigenvalue weighted by Gasteiger charge is -2.10. The van der Waals surface area contributed by atoms with Crippen LogP contribution in [0.25, 0.3) is 10.2 Å². The Balaban J connectivity index is 2.23. The van der Waals surface area contributed by atoms with Crippen molar-refractivity contribution in [3.63, 3.8) is 0 Å². The van der Waals surface area contributed by atoms with Crippen molar-refractivity contribution in [3.05, 3.63) is 46.8 Å². The van der Waals surface area contributed by atoms with Gasteiger partial charge >= 0.3 is 5.97 Å². The quantitative estimate of drug-likeness (QED) is 0.479. The predicted octanol–water partition coefficient (Wildman–Crippen LogP) is 2.43. The van der Waals surface area contributed by atoms with E-state index in [9.17, 15) is 18.0 Å². The van der Waals surface area contributed by atoms with Gasteiger partial charge in [-0.15, -0.1) is 0 Å². The highest BCUT2D eigenvalue weighted by atomic mass is 32.2. The number of esters is 1. The average molecular weight is 479 g/mol. The van der Waals surface area contributed by atoms with Gasteiger partial charge in [0.05, 0.1) is 35.9 Å². The number of aromatic nitrogens is 1. The van der Waals surface area contributed by atoms with Crippen molar-refractivity contribution in [2.45, 2.75) is 18.4 Å². The van der Waals surface area contributed by atoms with Crippen LogP contribution < -0.4 is 14.3 Å². The number of rotatable bonds is 7. The molecule has 0 aliphatic rings. The summed E-state index contributed by atoms with van der Waals surface area (Å²) in [6.45, 7) is 1.69. The van der Waals surface area contributed by atoms with E-state index in [0.717, 1.165) is 17.6 Å². The Morgan fingerprint density at radius 1 is 1.09 bits per heavy atom. The number of nitrogens with zero attached hydrogens (tertiary/aromatic N) is 2. The fraction of sp³-hybridized carbons (Fsp3) is 0.286. The maximum Gasteiger partial charge on any atom is 0.326 e. The highest BCUT2D eigenvalue weighted by Gasteiger charge is 2.20. The molecule has 0 aliphatic carbocycles. The number of hydrogen-bond acceptors (Lipinski definition) is 8. The van der Waals surface area contributed by atoms with Crippen LogP contribution in [-0.2, 0) is 25.9 Å². The third-order valence-electron chi connectivity index (χ3n) is 4.51. The van der Waals surface area contributed by atoms with Gasteiger partial charge in [0.25, 0.3) is 5.91 Å². The zero-order valence-corrected chi connectivity index (χ0v) is 19.6. The molecule has 0 aliphatic heterocycles. The van der Waals surface area contributed by atoms with Crippen molar-refractivity contribution >= 4 is 43.3 Å². The predicted molar refractivity (Wildman–Crippen MR) is 119 cm³/mol. The highest BCUT2D eigenvalue weighted by molar-refractivity contribution is 7.90. The lowest BCUT2D eigenvalue weighted by atomic mass is 10.1. The molecule has 0 saturated heterocycles. The molecule has 0 unspecified atom stereocenters. The number of hydrogen-bond donors (Lipinski definition) is 0. The summed E-state index contributed by atoms with van der Waals surface area (Å²) in [5.41, 5.74) is 0.684. The molecule has 1 aromatic heterocycles. The number of thiazole rings is 1. The van der Waals surface area contributed by atoms with Crippen LogP contribution in [0.3, 0.4) is 0 Å². The van der Waals surface area contributed by atoms with Gasteiger partial charge in [-0.25, -0.2) is 8.42 Å². The van der Waals surface area contributed by atoms with Crippen molar-refractivity contribution in [2.75, 3.05) is 27.1 Å². The van der Waals surface area contributed by atoms with Crippen molar-refractivity contribution in [1.29, 1.82) is 0 Å². The normalized spacial score (nSPS) is 12.1. The molecule has 0 fully saturated rings. The summed E-state index contributed by atoms with van der Waals surface area (Å²) < 4.78 is 41.6. The Kier molecular flexibility index (Phi) is 6.99. The third kappa shape index (κ3) is 4.83. The number of methoxy groups -OCH3 is 2. The van der Waals surface area contributed by atoms with Crippen LogP contribution in [0.15, 0.2) is 46.3 Å². The van der Waals surface area contributed by atoms with Gasteiger partial charge in [0.15, 0.2) is 14.6 Å². The van der Waals surface area contributed by atoms with E-state index in [2.05, 4.69) is 4.99 Å². The minimum atomic E-state index is -3.44. The van der Waals surface area contributed by atoms with E-state index in [0.29, 0.717) is 10.2 Å². The summed E-state index contributed by atoms with van der Waals surface area (Å²) in [5, 5.41) is 0. The van der Waals surface area contributed by atoms with Gasteiger partial charge < -0.3 is 18.8 Å². The summed E-state index contributed by atoms with van der Waals surface area (Å²) >= 11 is 1.09. The Hall–Kier alpha value is -3.18. The molecule has 0 saturated carbocycles. The number of carbonyl (C=O) groups excluding carboxylic acids is 2. The van der Waals surface area contributed by atoms with Gasteiger partial charge in [-0.1, -0.05) is 17.4 Å². The van der Waals surface area contributed by atoms with E-state index in [-0.39, 0.29) is 39.9 Å². The molecule has 1 amide bonds. The van der Waals surface area contributed by atoms with Gasteiger partial charge in [0.1, 0.15) is 23.6 Å². The second kappa shape index (κ2) is 9.53. The number of sulfone groups is 1. The van der Waals surface area contributed by atoms with Crippen molar-refractivity contribution in [1.82, 2.24) is 4.57 Å². The zero-order valence-electron chi connectivity index (χ0n) is 17.9. The summed E-state index contributed by atoms with van der Waals surface area (Å²) in [6.07, 6.45) is 1.11. The molecule has 11 heteroatoms. The van der Waals surface area contributed by atoms with Crippen LogP contribution in [0.4, 0.5) is 0 Å². The van der Waals surface area contributed by atoms with Crippen LogP contribution in [0.5, 0.6) is 11.5 Å². The summed E-state index contributed by atoms with van der Waals surface area (Å²) in [7, 11) is -0.580. The molecule has 3 aromatic rings. The van der Waals surface area contributed by atoms with E-state index in [1.807, 2.05) is 0 Å². The van der Waals surface area contributed by atoms with Crippen molar-refractivity contribution in [2.24, 2.45) is 4.99 Å². The van der Waals surface area contributed by atoms with Crippen LogP contribution in [0.1, 0.15) is 17.3 Å². The average Bonchev–Trinajstić information content (AvgIpc) is 3.08. The number of fused-ring (bicyclic) bond motifs is 1. The monoisotopic (exact) mass is 478 g/mol. The van der Waals surface area contributed by atoms with Crippen LogP contribution in [-0.4, -0.2) is 51.9 Å². The molecule has 9 nitrogen and oxygen atoms in total. The van der Waals surface area contributed by atoms with E-state index >= 15 is 0 Å². The molecule has 0 N–H and O–H groups in total. The standard InChI is InChI=1S/C21H22N2O7S2/c1-5-30-18(24)12-23-14-10-9-13(32(4,26)27)11-17(14)31-21(23)22-20(25)19-15(28-2)7-6-8-16(19)29-3/h6-11H,5,12H2,1-4H3. The van der Waals surface area contributed by atoms with Crippen LogP contribution >= 0.6 is 11.3 Å². The third-order valence-corrected chi connectivity index (χ3v) is 6.67. The van der Waals surface area contributed by atoms with Gasteiger partial charge in [0.2, 0.25) is 0 Å². The second-order valence-electron chi connectivity index (χ2n) is 6.63. The minimum Gasteiger partial charge on any atom is -0.496 e. The second-order valence-corrected chi connectivity index (χ2v) is 9.66. The largest absolute Gasteiger partial charge is 0.496 e. The first-order valence-electron chi connectivity index (χ1n) is 9.48. The fourth-order valence-corrected chi connectivity index (χ4v) is 4.85. The van der Waals surface area contributed by atoms with E-state index < -0.39 is 21.7 Å². The first-order chi connectivity index (χ1) is 15.2. The fourth-order valence-electron chi connectivity index (χ4n) is 3.06. The number of carbonyl (C=O) groups is 2. The molecule has 0 bridgehead atoms. The summed E-state index contributed by atoms with van der Waals surface area (Å²) in [5.74, 6) is -0.569. The highest BCUT2D eigenvalue weighted by Crippen LogP contribution is 2.29. The number of benzene rings is 2. The molecule has 170 valence electrons. The zero-order chi connectivity index (χ0) is 23.5. The number of amides is 1. The first-order valence-corrected chi connectivity index (χ1v) is 12.2. The maximum absolute atomic E-state index is 13.1. The van der Waals surface area contributed by atoms with Gasteiger partial charge in [-0.2, -0.15) is 4.99 Å². The Morgan fingerprint density at radius 2 is 1.75 bits per heavy atom. The molecule has 1 heterocycles. The minimum absolute atomic E-state index is 0.124. The lowest BCUT2D eigenvalue weighted by molar-refractivity contribution is -0.143. The maximum atomic E-state index is 13.1. The number of ether oxygens (including phenoxy) is 3. The molecule has 0 radical (unpaired) electrons. The van der Waals surface area contributed by atoms with E-state index in [1.165, 1.54) is 30.9 Å². The summed E-state index contributed by atoms with van der Waals surface area (Å²) in [6, 6.07) is 9.42. The molecular formula is C21H22N2O7S2. The Morgan fingerprint density at radius 3 is 2.31 bits per heavy atom. The topological polar surface area (TPSA) is 113 Å². The Bertz CT molecular complexity index is 1330. The van der Waals surface area contributed by atoms with Gasteiger partial charge in [-0.05, 0) is 37.3 Å². The molecule has 3 rings (SSSR count). The smallest absolute Gasteiger partial charge is 0.326 e. The SMILES string of the molecule is CCOC(=O)Cn1c(=NC(=O)c2c(OC)cccc2OC)sc2cc(S(C)(=O)=O)ccc21. The summed E-state index contributed by atoms with van der Waals surface area (Å²) in [4.78, 5) is 29.8. The van der Waals surface area contributed by atoms with Crippen molar-refractivity contribution < 1.29 is 32.2 Å².